The van der Waals surface area contributed by atoms with Crippen LogP contribution in [-0.2, 0) is 10.5 Å². The smallest absolute Gasteiger partial charge is 0.326 e. The number of fused-ring (bicyclic) bond motifs is 2. The Hall–Kier alpha value is -2.87. The normalized spacial score (nSPS) is 14.1. The van der Waals surface area contributed by atoms with Gasteiger partial charge >= 0.3 is 3.93 Å². The molecule has 5 rings (SSSR count). The summed E-state index contributed by atoms with van der Waals surface area (Å²) in [6.07, 6.45) is 2.86. The van der Waals surface area contributed by atoms with Crippen LogP contribution < -0.4 is 21.1 Å². The fraction of sp³-hybridized carbons (Fsp3) is 0.238. The van der Waals surface area contributed by atoms with Gasteiger partial charge in [-0.1, -0.05) is 11.3 Å². The number of anilines is 3. The Morgan fingerprint density at radius 1 is 1.12 bits per heavy atom. The van der Waals surface area contributed by atoms with E-state index < -0.39 is 3.93 Å². The Morgan fingerprint density at radius 2 is 1.94 bits per heavy atom. The maximum absolute atomic E-state index is 14.3. The number of ether oxygens (including phenoxy) is 1. The lowest BCUT2D eigenvalue weighted by atomic mass is 9.99. The summed E-state index contributed by atoms with van der Waals surface area (Å²) in [6.45, 7) is 2.96. The molecule has 0 saturated heterocycles. The van der Waals surface area contributed by atoms with Crippen LogP contribution in [0.1, 0.15) is 16.7 Å². The van der Waals surface area contributed by atoms with Crippen molar-refractivity contribution in [2.75, 3.05) is 29.5 Å². The Bertz CT molecular complexity index is 1370. The highest BCUT2D eigenvalue weighted by molar-refractivity contribution is 14.1. The van der Waals surface area contributed by atoms with E-state index in [-0.39, 0.29) is 17.3 Å². The first-order valence-corrected chi connectivity index (χ1v) is 11.8. The van der Waals surface area contributed by atoms with E-state index in [1.54, 1.807) is 11.1 Å². The second kappa shape index (κ2) is 8.17. The summed E-state index contributed by atoms with van der Waals surface area (Å²) in [5, 5.41) is 0.462. The average Bonchev–Trinajstić information content (AvgIpc) is 2.98. The summed E-state index contributed by atoms with van der Waals surface area (Å²) in [7, 11) is 0. The van der Waals surface area contributed by atoms with Crippen LogP contribution in [0.2, 0.25) is 0 Å². The molecule has 3 aromatic heterocycles. The molecule has 4 aromatic rings. The largest absolute Gasteiger partial charge is 0.491 e. The number of rotatable bonds is 3. The lowest BCUT2D eigenvalue weighted by molar-refractivity contribution is 0.127. The van der Waals surface area contributed by atoms with Crippen molar-refractivity contribution in [1.29, 1.82) is 0 Å². The number of aromatic nitrogens is 4. The van der Waals surface area contributed by atoms with E-state index >= 15 is 0 Å². The predicted molar refractivity (Wildman–Crippen MR) is 133 cm³/mol. The molecule has 0 radical (unpaired) electrons. The van der Waals surface area contributed by atoms with Gasteiger partial charge in [-0.25, -0.2) is 15.0 Å². The minimum absolute atomic E-state index is 0.0633. The molecule has 0 aliphatic carbocycles. The fourth-order valence-electron chi connectivity index (χ4n) is 3.89. The molecular weight excluding hydrogens is 563 g/mol. The van der Waals surface area contributed by atoms with Crippen molar-refractivity contribution >= 4 is 61.2 Å². The summed E-state index contributed by atoms with van der Waals surface area (Å²) in [6, 6.07) is 5.93. The standard InChI is InChI=1S/C21H18F2IN7OS/c1-10-4-11(12-6-15-18(27-7-12)33-20(26)29-15)5-13-9-31(2-3-32-16(10)13)17-14(21(22,23)24)8-28-19(25)30-17/h4-8H,2-3,9H2,1H3,(H2,26,29)(H2,25,28,30). The summed E-state index contributed by atoms with van der Waals surface area (Å²) >= 11 is 2.41. The van der Waals surface area contributed by atoms with Crippen molar-refractivity contribution in [3.8, 4) is 16.9 Å². The maximum Gasteiger partial charge on any atom is 0.326 e. The first-order valence-electron chi connectivity index (χ1n) is 9.92. The molecule has 0 spiro atoms. The number of nitrogen functional groups attached to an aromatic ring is 2. The molecule has 0 amide bonds. The predicted octanol–water partition coefficient (Wildman–Crippen LogP) is 4.50. The van der Waals surface area contributed by atoms with Gasteiger partial charge < -0.3 is 21.1 Å². The number of pyridine rings is 1. The molecular formula is C21H18F2IN7OS. The molecule has 0 fully saturated rings. The molecule has 0 bridgehead atoms. The molecule has 33 heavy (non-hydrogen) atoms. The highest BCUT2D eigenvalue weighted by atomic mass is 127. The monoisotopic (exact) mass is 581 g/mol. The number of benzene rings is 1. The van der Waals surface area contributed by atoms with E-state index in [0.717, 1.165) is 67.1 Å². The molecule has 8 nitrogen and oxygen atoms in total. The molecule has 1 aliphatic rings. The number of alkyl halides is 3. The number of hydrogen-bond acceptors (Lipinski definition) is 9. The zero-order valence-electron chi connectivity index (χ0n) is 17.3. The number of aryl methyl sites for hydroxylation is 1. The number of nitrogens with two attached hydrogens (primary N) is 2. The van der Waals surface area contributed by atoms with E-state index in [9.17, 15) is 8.78 Å². The zero-order chi connectivity index (χ0) is 23.3. The van der Waals surface area contributed by atoms with E-state index in [1.807, 2.05) is 25.1 Å². The van der Waals surface area contributed by atoms with Crippen LogP contribution in [0.3, 0.4) is 0 Å². The van der Waals surface area contributed by atoms with Gasteiger partial charge in [-0.3, -0.25) is 0 Å². The van der Waals surface area contributed by atoms with Gasteiger partial charge in [0, 0.05) is 52.7 Å². The second-order valence-corrected chi connectivity index (χ2v) is 9.98. The Morgan fingerprint density at radius 3 is 2.73 bits per heavy atom. The number of hydrogen-bond donors (Lipinski definition) is 2. The van der Waals surface area contributed by atoms with Gasteiger partial charge in [0.05, 0.1) is 12.1 Å². The molecule has 1 aliphatic heterocycles. The van der Waals surface area contributed by atoms with Gasteiger partial charge in [0.2, 0.25) is 5.95 Å². The van der Waals surface area contributed by atoms with Crippen molar-refractivity contribution in [2.24, 2.45) is 0 Å². The Balaban J connectivity index is 1.57. The summed E-state index contributed by atoms with van der Waals surface area (Å²) in [5.74, 6) is 0.770. The van der Waals surface area contributed by atoms with Crippen LogP contribution in [0, 0.1) is 6.92 Å². The summed E-state index contributed by atoms with van der Waals surface area (Å²) in [5.41, 5.74) is 15.6. The molecule has 170 valence electrons. The molecule has 0 atom stereocenters. The quantitative estimate of drug-likeness (QED) is 0.269. The van der Waals surface area contributed by atoms with Crippen LogP contribution >= 0.6 is 33.9 Å². The molecule has 4 heterocycles. The molecule has 4 N–H and O–H groups in total. The van der Waals surface area contributed by atoms with Gasteiger partial charge in [-0.05, 0) is 36.2 Å². The van der Waals surface area contributed by atoms with Gasteiger partial charge in [0.1, 0.15) is 28.5 Å². The van der Waals surface area contributed by atoms with E-state index in [0.29, 0.717) is 24.8 Å². The molecule has 1 aromatic carbocycles. The minimum Gasteiger partial charge on any atom is -0.491 e. The average molecular weight is 581 g/mol. The third-order valence-corrected chi connectivity index (χ3v) is 6.70. The van der Waals surface area contributed by atoms with Gasteiger partial charge in [-0.15, -0.1) is 0 Å². The van der Waals surface area contributed by atoms with Crippen LogP contribution in [0.4, 0.5) is 25.7 Å². The molecule has 12 heteroatoms. The number of thiazole rings is 1. The number of nitrogens with zero attached hydrogens (tertiary/aromatic N) is 5. The van der Waals surface area contributed by atoms with Gasteiger partial charge in [0.25, 0.3) is 0 Å². The molecule has 0 saturated carbocycles. The number of halogens is 3. The summed E-state index contributed by atoms with van der Waals surface area (Å²) < 4.78 is 31.4. The second-order valence-electron chi connectivity index (χ2n) is 7.62. The van der Waals surface area contributed by atoms with Crippen LogP contribution in [0.5, 0.6) is 5.75 Å². The fourth-order valence-corrected chi connectivity index (χ4v) is 4.92. The van der Waals surface area contributed by atoms with E-state index in [1.165, 1.54) is 11.3 Å². The maximum atomic E-state index is 14.3. The highest BCUT2D eigenvalue weighted by Crippen LogP contribution is 2.41. The lowest BCUT2D eigenvalue weighted by Crippen LogP contribution is -2.29. The third kappa shape index (κ3) is 4.24. The van der Waals surface area contributed by atoms with Crippen molar-refractivity contribution in [2.45, 2.75) is 17.4 Å². The molecule has 0 unspecified atom stereocenters. The first kappa shape index (κ1) is 21.9. The van der Waals surface area contributed by atoms with Crippen LogP contribution in [0.25, 0.3) is 21.5 Å². The van der Waals surface area contributed by atoms with Crippen molar-refractivity contribution < 1.29 is 13.5 Å². The summed E-state index contributed by atoms with van der Waals surface area (Å²) in [4.78, 5) is 19.2. The highest BCUT2D eigenvalue weighted by Gasteiger charge is 2.34. The van der Waals surface area contributed by atoms with Crippen molar-refractivity contribution in [1.82, 2.24) is 19.9 Å². The van der Waals surface area contributed by atoms with Gasteiger partial charge in [-0.2, -0.15) is 13.8 Å². The Kier molecular flexibility index (Phi) is 5.43. The SMILES string of the molecule is Cc1cc(-c2cnc3sc(N)nc3c2)cc2c1OCCN(c1nc(N)ncc1C(F)(F)I)C2. The van der Waals surface area contributed by atoms with E-state index in [4.69, 9.17) is 16.2 Å². The lowest BCUT2D eigenvalue weighted by Gasteiger charge is -2.25. The van der Waals surface area contributed by atoms with Crippen molar-refractivity contribution in [3.05, 3.63) is 47.3 Å². The van der Waals surface area contributed by atoms with Gasteiger partial charge in [0.15, 0.2) is 5.13 Å². The topological polar surface area (TPSA) is 116 Å². The van der Waals surface area contributed by atoms with Crippen LogP contribution in [-0.4, -0.2) is 33.1 Å². The minimum atomic E-state index is -3.15. The van der Waals surface area contributed by atoms with E-state index in [2.05, 4.69) is 19.9 Å². The van der Waals surface area contributed by atoms with Crippen LogP contribution in [0.15, 0.2) is 30.6 Å². The third-order valence-electron chi connectivity index (χ3n) is 5.31. The Labute approximate surface area is 205 Å². The zero-order valence-corrected chi connectivity index (χ0v) is 20.3. The first-order chi connectivity index (χ1) is 15.7. The van der Waals surface area contributed by atoms with Crippen molar-refractivity contribution in [3.63, 3.8) is 0 Å².